The zero-order chi connectivity index (χ0) is 30.3. The fourth-order valence-electron chi connectivity index (χ4n) is 6.77. The lowest BCUT2D eigenvalue weighted by atomic mass is 9.57. The zero-order valence-electron chi connectivity index (χ0n) is 23.0. The van der Waals surface area contributed by atoms with Crippen molar-refractivity contribution >= 4 is 34.8 Å². The lowest BCUT2D eigenvalue weighted by Gasteiger charge is -2.50. The molecule has 0 bridgehead atoms. The molecule has 1 aromatic carbocycles. The normalized spacial score (nSPS) is 29.3. The van der Waals surface area contributed by atoms with Crippen molar-refractivity contribution in [2.75, 3.05) is 26.0 Å². The number of ketones is 2. The van der Waals surface area contributed by atoms with E-state index in [1.807, 2.05) is 13.8 Å². The second kappa shape index (κ2) is 9.64. The molecule has 0 saturated heterocycles. The number of aliphatic hydroxyl groups excluding tert-OH is 2. The van der Waals surface area contributed by atoms with Crippen LogP contribution in [0.4, 0.5) is 10.1 Å². The second-order valence-electron chi connectivity index (χ2n) is 11.9. The summed E-state index contributed by atoms with van der Waals surface area (Å²) in [6, 6.07) is -1.99. The molecule has 1 fully saturated rings. The third-order valence-electron chi connectivity index (χ3n) is 8.67. The summed E-state index contributed by atoms with van der Waals surface area (Å²) in [6.45, 7) is 4.40. The third kappa shape index (κ3) is 3.97. The molecule has 5 atom stereocenters. The number of Topliss-reactive ketones (excluding diaryl/α,β-unsaturated/α-hetero) is 2. The number of amides is 2. The van der Waals surface area contributed by atoms with Crippen LogP contribution in [0.1, 0.15) is 37.0 Å². The Labute approximate surface area is 234 Å². The number of phenols is 1. The van der Waals surface area contributed by atoms with Crippen LogP contribution in [0.2, 0.25) is 0 Å². The topological polar surface area (TPSA) is 203 Å². The predicted octanol–water partition coefficient (Wildman–Crippen LogP) is 0.212. The van der Waals surface area contributed by atoms with Crippen molar-refractivity contribution in [2.24, 2.45) is 23.5 Å². The number of primary amides is 1. The summed E-state index contributed by atoms with van der Waals surface area (Å²) in [7, 11) is 2.99. The number of phenolic OH excluding ortho intramolecular Hbond substituents is 1. The molecular formula is C28H33FN4O8. The third-order valence-corrected chi connectivity index (χ3v) is 8.67. The maximum atomic E-state index is 16.1. The Balaban J connectivity index is 1.66. The molecule has 1 aliphatic heterocycles. The molecule has 0 aromatic heterocycles. The summed E-state index contributed by atoms with van der Waals surface area (Å²) in [5.41, 5.74) is 0.537. The standard InChI is InChI=1S/C28H33FN4O8/c1-9(2)8-31-14-7-12-18(29)11-5-10-6-13-20(33(3)4)23(36)17(26(30)39)25(38)28(13,41)24(37)15(10)21(34)16(11)22(35)19(12)32-27(14)40/h9-10,13-14,20,31,34-35,38,41H,5-8H2,1-4H3,(H2,30,39)(H,32,40)/t10-,13-,14?,20-,28-/m0/s1. The summed E-state index contributed by atoms with van der Waals surface area (Å²) >= 11 is 0. The minimum absolute atomic E-state index is 0.0442. The molecule has 5 rings (SSSR count). The van der Waals surface area contributed by atoms with Gasteiger partial charge in [0.1, 0.15) is 22.9 Å². The van der Waals surface area contributed by atoms with Crippen LogP contribution in [0.3, 0.4) is 0 Å². The van der Waals surface area contributed by atoms with Crippen LogP contribution in [0.25, 0.3) is 5.76 Å². The molecule has 3 aliphatic carbocycles. The lowest BCUT2D eigenvalue weighted by molar-refractivity contribution is -0.153. The highest BCUT2D eigenvalue weighted by atomic mass is 19.1. The number of halogens is 1. The Bertz CT molecular complexity index is 1480. The van der Waals surface area contributed by atoms with Gasteiger partial charge in [-0.05, 0) is 45.3 Å². The van der Waals surface area contributed by atoms with Gasteiger partial charge in [0.15, 0.2) is 17.1 Å². The molecule has 1 saturated carbocycles. The van der Waals surface area contributed by atoms with Crippen LogP contribution in [0.15, 0.2) is 16.9 Å². The van der Waals surface area contributed by atoms with Crippen molar-refractivity contribution in [3.63, 3.8) is 0 Å². The molecule has 2 amide bonds. The van der Waals surface area contributed by atoms with E-state index in [4.69, 9.17) is 5.73 Å². The van der Waals surface area contributed by atoms with E-state index in [0.717, 1.165) is 0 Å². The first kappa shape index (κ1) is 28.7. The summed E-state index contributed by atoms with van der Waals surface area (Å²) in [4.78, 5) is 53.3. The maximum absolute atomic E-state index is 16.1. The molecule has 4 aliphatic rings. The SMILES string of the molecule is CC(C)CNC1Cc2c(F)c3c(c(O)c2NC1=O)C(O)=C1C(=O)[C@]2(O)C(O)=C(C(N)=O)C(=O)[C@@H](N(C)C)[C@@H]2C[C@@H]1C3. The van der Waals surface area contributed by atoms with Crippen molar-refractivity contribution in [3.05, 3.63) is 39.4 Å². The lowest BCUT2D eigenvalue weighted by Crippen LogP contribution is -2.65. The number of carbonyl (C=O) groups is 4. The van der Waals surface area contributed by atoms with E-state index in [0.29, 0.717) is 6.54 Å². The first-order valence-corrected chi connectivity index (χ1v) is 13.4. The molecule has 12 nitrogen and oxygen atoms in total. The summed E-state index contributed by atoms with van der Waals surface area (Å²) < 4.78 is 16.1. The Morgan fingerprint density at radius 3 is 2.41 bits per heavy atom. The fourth-order valence-corrected chi connectivity index (χ4v) is 6.77. The molecule has 0 spiro atoms. The second-order valence-corrected chi connectivity index (χ2v) is 11.9. The number of rotatable bonds is 5. The monoisotopic (exact) mass is 572 g/mol. The predicted molar refractivity (Wildman–Crippen MR) is 143 cm³/mol. The number of aliphatic hydroxyl groups is 3. The first-order valence-electron chi connectivity index (χ1n) is 13.4. The van der Waals surface area contributed by atoms with Gasteiger partial charge in [-0.3, -0.25) is 24.1 Å². The van der Waals surface area contributed by atoms with Crippen molar-refractivity contribution < 1.29 is 44.0 Å². The van der Waals surface area contributed by atoms with E-state index in [9.17, 15) is 39.6 Å². The summed E-state index contributed by atoms with van der Waals surface area (Å²) in [6.07, 6.45) is -0.396. The highest BCUT2D eigenvalue weighted by Crippen LogP contribution is 2.54. The number of benzene rings is 1. The van der Waals surface area contributed by atoms with Gasteiger partial charge in [0.2, 0.25) is 11.7 Å². The largest absolute Gasteiger partial charge is 0.508 e. The average molecular weight is 573 g/mol. The van der Waals surface area contributed by atoms with Crippen molar-refractivity contribution in [1.82, 2.24) is 10.2 Å². The first-order chi connectivity index (χ1) is 19.1. The van der Waals surface area contributed by atoms with Gasteiger partial charge < -0.3 is 36.8 Å². The van der Waals surface area contributed by atoms with Gasteiger partial charge in [-0.25, -0.2) is 4.39 Å². The van der Waals surface area contributed by atoms with Crippen molar-refractivity contribution in [2.45, 2.75) is 50.8 Å². The van der Waals surface area contributed by atoms with Gasteiger partial charge in [-0.15, -0.1) is 0 Å². The van der Waals surface area contributed by atoms with Gasteiger partial charge in [-0.2, -0.15) is 0 Å². The van der Waals surface area contributed by atoms with E-state index in [1.165, 1.54) is 19.0 Å². The average Bonchev–Trinajstić information content (AvgIpc) is 2.87. The number of anilines is 1. The number of nitrogens with one attached hydrogen (secondary N) is 2. The summed E-state index contributed by atoms with van der Waals surface area (Å²) in [5, 5.41) is 50.6. The Morgan fingerprint density at radius 2 is 1.83 bits per heavy atom. The van der Waals surface area contributed by atoms with Crippen molar-refractivity contribution in [1.29, 1.82) is 0 Å². The molecule has 0 radical (unpaired) electrons. The molecule has 1 heterocycles. The van der Waals surface area contributed by atoms with Gasteiger partial charge in [0.05, 0.1) is 23.3 Å². The van der Waals surface area contributed by atoms with Gasteiger partial charge in [0, 0.05) is 29.0 Å². The molecule has 41 heavy (non-hydrogen) atoms. The van der Waals surface area contributed by atoms with Crippen LogP contribution in [-0.2, 0) is 32.0 Å². The Morgan fingerprint density at radius 1 is 1.17 bits per heavy atom. The maximum Gasteiger partial charge on any atom is 0.255 e. The van der Waals surface area contributed by atoms with E-state index in [2.05, 4.69) is 10.6 Å². The van der Waals surface area contributed by atoms with E-state index in [-0.39, 0.29) is 42.0 Å². The number of nitrogens with two attached hydrogens (primary N) is 1. The van der Waals surface area contributed by atoms with Crippen molar-refractivity contribution in [3.8, 4) is 5.75 Å². The van der Waals surface area contributed by atoms with Crippen LogP contribution in [0.5, 0.6) is 5.75 Å². The van der Waals surface area contributed by atoms with Crippen LogP contribution >= 0.6 is 0 Å². The van der Waals surface area contributed by atoms with Gasteiger partial charge in [-0.1, -0.05) is 13.8 Å². The Kier molecular flexibility index (Phi) is 6.75. The number of likely N-dealkylation sites (N-methyl/N-ethyl adjacent to an activating group) is 1. The highest BCUT2D eigenvalue weighted by Gasteiger charge is 2.64. The van der Waals surface area contributed by atoms with Crippen LogP contribution < -0.4 is 16.4 Å². The minimum Gasteiger partial charge on any atom is -0.508 e. The van der Waals surface area contributed by atoms with Crippen LogP contribution in [-0.4, -0.2) is 87.0 Å². The molecule has 1 aromatic rings. The van der Waals surface area contributed by atoms with Gasteiger partial charge >= 0.3 is 0 Å². The smallest absolute Gasteiger partial charge is 0.255 e. The van der Waals surface area contributed by atoms with E-state index < -0.39 is 92.7 Å². The fraction of sp³-hybridized carbons (Fsp3) is 0.500. The number of hydrogen-bond donors (Lipinski definition) is 7. The number of fused-ring (bicyclic) bond motifs is 4. The van der Waals surface area contributed by atoms with Gasteiger partial charge in [0.25, 0.3) is 5.91 Å². The highest BCUT2D eigenvalue weighted by molar-refractivity contribution is 6.24. The van der Waals surface area contributed by atoms with Crippen LogP contribution in [0, 0.1) is 23.6 Å². The number of hydrogen-bond acceptors (Lipinski definition) is 10. The summed E-state index contributed by atoms with van der Waals surface area (Å²) in [5.74, 6) is -9.28. The number of aromatic hydroxyl groups is 1. The number of carbonyl (C=O) groups excluding carboxylic acids is 4. The molecular weight excluding hydrogens is 539 g/mol. The molecule has 220 valence electrons. The zero-order valence-corrected chi connectivity index (χ0v) is 23.0. The quantitative estimate of drug-likeness (QED) is 0.189. The molecule has 8 N–H and O–H groups in total. The minimum atomic E-state index is -2.80. The van der Waals surface area contributed by atoms with E-state index >= 15 is 4.39 Å². The number of nitrogens with zero attached hydrogens (tertiary/aromatic N) is 1. The van der Waals surface area contributed by atoms with E-state index in [1.54, 1.807) is 0 Å². The molecule has 13 heteroatoms. The molecule has 1 unspecified atom stereocenters. The Hall–Kier alpha value is -3.81.